The molecule has 0 aliphatic carbocycles. The predicted octanol–water partition coefficient (Wildman–Crippen LogP) is 4.71. The lowest BCUT2D eigenvalue weighted by atomic mass is 10.2. The van der Waals surface area contributed by atoms with Crippen molar-refractivity contribution in [3.05, 3.63) is 76.0 Å². The first-order chi connectivity index (χ1) is 14.8. The first-order valence-corrected chi connectivity index (χ1v) is 10.6. The third kappa shape index (κ3) is 4.82. The Morgan fingerprint density at radius 3 is 2.19 bits per heavy atom. The maximum absolute atomic E-state index is 12.8. The van der Waals surface area contributed by atoms with Gasteiger partial charge in [-0.25, -0.2) is 4.79 Å². The van der Waals surface area contributed by atoms with Gasteiger partial charge in [-0.15, -0.1) is 11.3 Å². The van der Waals surface area contributed by atoms with Crippen LogP contribution in [0.1, 0.15) is 10.4 Å². The van der Waals surface area contributed by atoms with Crippen molar-refractivity contribution in [2.45, 2.75) is 13.1 Å². The Bertz CT molecular complexity index is 1110. The van der Waals surface area contributed by atoms with Crippen molar-refractivity contribution >= 4 is 23.1 Å². The van der Waals surface area contributed by atoms with Crippen LogP contribution < -0.4 is 9.70 Å². The number of hydrogen-bond acceptors (Lipinski definition) is 3. The number of amides is 2. The minimum absolute atomic E-state index is 0.338. The van der Waals surface area contributed by atoms with Gasteiger partial charge in [0.25, 0.3) is 0 Å². The number of rotatable bonds is 2. The molecular formula is C22H21F3N4OS. The maximum atomic E-state index is 12.8. The second-order valence-electron chi connectivity index (χ2n) is 7.24. The summed E-state index contributed by atoms with van der Waals surface area (Å²) in [6, 6.07) is 14.5. The number of aromatic nitrogens is 1. The molecule has 0 spiro atoms. The summed E-state index contributed by atoms with van der Waals surface area (Å²) in [4.78, 5) is 22.3. The van der Waals surface area contributed by atoms with Crippen LogP contribution in [-0.2, 0) is 6.18 Å². The molecule has 2 heterocycles. The predicted molar refractivity (Wildman–Crippen MR) is 115 cm³/mol. The largest absolute Gasteiger partial charge is 0.416 e. The van der Waals surface area contributed by atoms with Gasteiger partial charge >= 0.3 is 12.2 Å². The highest BCUT2D eigenvalue weighted by atomic mass is 32.1. The Labute approximate surface area is 181 Å². The second-order valence-corrected chi connectivity index (χ2v) is 8.46. The lowest BCUT2D eigenvalue weighted by molar-refractivity contribution is -0.137. The minimum atomic E-state index is -4.39. The van der Waals surface area contributed by atoms with Gasteiger partial charge in [0.05, 0.1) is 5.56 Å². The smallest absolute Gasteiger partial charge is 0.368 e. The van der Waals surface area contributed by atoms with Crippen molar-refractivity contribution in [3.63, 3.8) is 0 Å². The Balaban J connectivity index is 1.51. The Kier molecular flexibility index (Phi) is 5.86. The van der Waals surface area contributed by atoms with Gasteiger partial charge in [-0.3, -0.25) is 4.57 Å². The molecule has 0 radical (unpaired) electrons. The van der Waals surface area contributed by atoms with E-state index in [2.05, 4.69) is 9.89 Å². The Morgan fingerprint density at radius 2 is 1.58 bits per heavy atom. The van der Waals surface area contributed by atoms with Gasteiger partial charge in [0, 0.05) is 48.6 Å². The summed E-state index contributed by atoms with van der Waals surface area (Å²) < 4.78 is 40.2. The van der Waals surface area contributed by atoms with E-state index in [1.807, 2.05) is 37.3 Å². The zero-order chi connectivity index (χ0) is 22.0. The maximum Gasteiger partial charge on any atom is 0.416 e. The number of benzene rings is 2. The van der Waals surface area contributed by atoms with E-state index in [1.165, 1.54) is 23.5 Å². The number of hydrogen-bond donors (Lipinski definition) is 0. The average Bonchev–Trinajstić information content (AvgIpc) is 3.14. The van der Waals surface area contributed by atoms with Crippen molar-refractivity contribution < 1.29 is 18.0 Å². The lowest BCUT2D eigenvalue weighted by Crippen LogP contribution is -2.48. The SMILES string of the molecule is Cc1cn(-c2ccc(C(F)(F)F)cc2)c(=NC(=O)N2CCN(c3ccccc3)CC2)s1. The van der Waals surface area contributed by atoms with Crippen molar-refractivity contribution in [3.8, 4) is 5.69 Å². The molecule has 1 fully saturated rings. The standard InChI is InChI=1S/C22H21F3N4OS/c1-16-15-29(19-9-7-17(8-10-19)22(23,24)25)21(31-16)26-20(30)28-13-11-27(12-14-28)18-5-3-2-4-6-18/h2-10,15H,11-14H2,1H3. The van der Waals surface area contributed by atoms with Crippen LogP contribution in [0.2, 0.25) is 0 Å². The lowest BCUT2D eigenvalue weighted by Gasteiger charge is -2.35. The van der Waals surface area contributed by atoms with Crippen LogP contribution >= 0.6 is 11.3 Å². The molecular weight excluding hydrogens is 425 g/mol. The number of thiazole rings is 1. The van der Waals surface area contributed by atoms with E-state index in [4.69, 9.17) is 0 Å². The monoisotopic (exact) mass is 446 g/mol. The fourth-order valence-corrected chi connectivity index (χ4v) is 4.30. The molecule has 162 valence electrons. The highest BCUT2D eigenvalue weighted by molar-refractivity contribution is 7.09. The van der Waals surface area contributed by atoms with Gasteiger partial charge in [0.2, 0.25) is 0 Å². The van der Waals surface area contributed by atoms with Gasteiger partial charge in [-0.05, 0) is 43.3 Å². The molecule has 9 heteroatoms. The van der Waals surface area contributed by atoms with Crippen LogP contribution in [0.4, 0.5) is 23.7 Å². The summed E-state index contributed by atoms with van der Waals surface area (Å²) in [5, 5.41) is 0. The minimum Gasteiger partial charge on any atom is -0.368 e. The molecule has 0 saturated carbocycles. The third-order valence-corrected chi connectivity index (χ3v) is 6.00. The number of nitrogens with zero attached hydrogens (tertiary/aromatic N) is 4. The zero-order valence-corrected chi connectivity index (χ0v) is 17.7. The molecule has 3 aromatic rings. The number of aryl methyl sites for hydroxylation is 1. The number of para-hydroxylation sites is 1. The molecule has 1 aliphatic heterocycles. The summed E-state index contributed by atoms with van der Waals surface area (Å²) in [5.74, 6) is 0. The highest BCUT2D eigenvalue weighted by Gasteiger charge is 2.30. The number of halogens is 3. The van der Waals surface area contributed by atoms with E-state index in [0.717, 1.165) is 22.7 Å². The number of carbonyl (C=O) groups is 1. The van der Waals surface area contributed by atoms with Crippen LogP contribution in [-0.4, -0.2) is 41.7 Å². The van der Waals surface area contributed by atoms with E-state index in [1.54, 1.807) is 15.7 Å². The molecule has 0 bridgehead atoms. The fraction of sp³-hybridized carbons (Fsp3) is 0.273. The number of piperazine rings is 1. The molecule has 0 N–H and O–H groups in total. The molecule has 31 heavy (non-hydrogen) atoms. The summed E-state index contributed by atoms with van der Waals surface area (Å²) in [7, 11) is 0. The van der Waals surface area contributed by atoms with Gasteiger partial charge in [0.15, 0.2) is 4.80 Å². The van der Waals surface area contributed by atoms with Crippen LogP contribution in [0.15, 0.2) is 65.8 Å². The molecule has 2 amide bonds. The van der Waals surface area contributed by atoms with E-state index < -0.39 is 11.7 Å². The summed E-state index contributed by atoms with van der Waals surface area (Å²) in [6.45, 7) is 4.42. The van der Waals surface area contributed by atoms with Gasteiger partial charge in [-0.2, -0.15) is 18.2 Å². The Hall–Kier alpha value is -3.07. The van der Waals surface area contributed by atoms with Crippen molar-refractivity contribution in [1.82, 2.24) is 9.47 Å². The normalized spacial score (nSPS) is 15.4. The number of anilines is 1. The molecule has 5 nitrogen and oxygen atoms in total. The van der Waals surface area contributed by atoms with Crippen molar-refractivity contribution in [2.75, 3.05) is 31.1 Å². The van der Waals surface area contributed by atoms with Gasteiger partial charge < -0.3 is 9.80 Å². The Morgan fingerprint density at radius 1 is 0.935 bits per heavy atom. The molecule has 4 rings (SSSR count). The number of carbonyl (C=O) groups excluding carboxylic acids is 1. The van der Waals surface area contributed by atoms with Crippen LogP contribution in [0.5, 0.6) is 0 Å². The number of alkyl halides is 3. The van der Waals surface area contributed by atoms with Gasteiger partial charge in [-0.1, -0.05) is 18.2 Å². The first kappa shape index (κ1) is 21.2. The van der Waals surface area contributed by atoms with Crippen molar-refractivity contribution in [2.24, 2.45) is 4.99 Å². The molecule has 1 saturated heterocycles. The van der Waals surface area contributed by atoms with E-state index in [-0.39, 0.29) is 6.03 Å². The van der Waals surface area contributed by atoms with Crippen LogP contribution in [0, 0.1) is 6.92 Å². The molecule has 2 aromatic carbocycles. The topological polar surface area (TPSA) is 40.8 Å². The van der Waals surface area contributed by atoms with Crippen LogP contribution in [0.3, 0.4) is 0 Å². The van der Waals surface area contributed by atoms with Crippen LogP contribution in [0.25, 0.3) is 5.69 Å². The summed E-state index contributed by atoms with van der Waals surface area (Å²) >= 11 is 1.32. The third-order valence-electron chi connectivity index (χ3n) is 5.10. The molecule has 1 aromatic heterocycles. The fourth-order valence-electron chi connectivity index (χ4n) is 3.48. The first-order valence-electron chi connectivity index (χ1n) is 9.81. The number of urea groups is 1. The zero-order valence-electron chi connectivity index (χ0n) is 16.8. The van der Waals surface area contributed by atoms with E-state index in [0.29, 0.717) is 36.7 Å². The molecule has 0 atom stereocenters. The van der Waals surface area contributed by atoms with Crippen molar-refractivity contribution in [1.29, 1.82) is 0 Å². The summed E-state index contributed by atoms with van der Waals surface area (Å²) in [5.41, 5.74) is 0.938. The average molecular weight is 446 g/mol. The quantitative estimate of drug-likeness (QED) is 0.572. The van der Waals surface area contributed by atoms with E-state index >= 15 is 0 Å². The molecule has 1 aliphatic rings. The van der Waals surface area contributed by atoms with Gasteiger partial charge in [0.1, 0.15) is 0 Å². The molecule has 0 unspecified atom stereocenters. The highest BCUT2D eigenvalue weighted by Crippen LogP contribution is 2.29. The van der Waals surface area contributed by atoms with E-state index in [9.17, 15) is 18.0 Å². The second kappa shape index (κ2) is 8.58. The summed E-state index contributed by atoms with van der Waals surface area (Å²) in [6.07, 6.45) is -2.62.